The molecule has 1 fully saturated rings. The average molecular weight is 519 g/mol. The number of nitrogens with zero attached hydrogens (tertiary/aromatic N) is 3. The third-order valence-corrected chi connectivity index (χ3v) is 7.88. The summed E-state index contributed by atoms with van der Waals surface area (Å²) in [6.45, 7) is 6.07. The first kappa shape index (κ1) is 25.6. The SMILES string of the molecule is Cn1ncc(C(F)F)c1-c1cc2c(cc1F)c([C@H](NS(=O)(=O)C1CC1)C(F)F)cn2CC(C)(C)C. The molecule has 0 amide bonds. The van der Waals surface area contributed by atoms with E-state index in [9.17, 15) is 26.0 Å². The van der Waals surface area contributed by atoms with Crippen LogP contribution in [0.2, 0.25) is 0 Å². The van der Waals surface area contributed by atoms with Crippen LogP contribution in [0.15, 0.2) is 24.5 Å². The molecule has 1 N–H and O–H groups in total. The number of hydrogen-bond acceptors (Lipinski definition) is 3. The van der Waals surface area contributed by atoms with Crippen molar-refractivity contribution in [2.45, 2.75) is 64.3 Å². The zero-order chi connectivity index (χ0) is 25.9. The minimum Gasteiger partial charge on any atom is -0.347 e. The number of rotatable bonds is 8. The van der Waals surface area contributed by atoms with Crippen molar-refractivity contribution in [2.75, 3.05) is 0 Å². The zero-order valence-electron chi connectivity index (χ0n) is 19.7. The number of aromatic nitrogens is 3. The van der Waals surface area contributed by atoms with Crippen LogP contribution in [0.25, 0.3) is 22.2 Å². The lowest BCUT2D eigenvalue weighted by Crippen LogP contribution is -2.35. The van der Waals surface area contributed by atoms with Crippen molar-refractivity contribution in [2.24, 2.45) is 12.5 Å². The van der Waals surface area contributed by atoms with Crippen molar-refractivity contribution < 1.29 is 30.4 Å². The Morgan fingerprint density at radius 2 is 1.80 bits per heavy atom. The monoisotopic (exact) mass is 518 g/mol. The summed E-state index contributed by atoms with van der Waals surface area (Å²) in [5.41, 5.74) is -0.810. The average Bonchev–Trinajstić information content (AvgIpc) is 3.45. The molecule has 1 aromatic carbocycles. The fraction of sp³-hybridized carbons (Fsp3) is 0.522. The Kier molecular flexibility index (Phi) is 6.50. The van der Waals surface area contributed by atoms with Crippen LogP contribution >= 0.6 is 0 Å². The molecule has 192 valence electrons. The van der Waals surface area contributed by atoms with E-state index in [4.69, 9.17) is 0 Å². The van der Waals surface area contributed by atoms with Crippen LogP contribution in [0.5, 0.6) is 0 Å². The van der Waals surface area contributed by atoms with Gasteiger partial charge in [0.2, 0.25) is 10.0 Å². The van der Waals surface area contributed by atoms with E-state index < -0.39 is 45.5 Å². The molecule has 0 aliphatic heterocycles. The Hall–Kier alpha value is -2.47. The van der Waals surface area contributed by atoms with Crippen LogP contribution in [0.1, 0.15) is 57.2 Å². The Bertz CT molecular complexity index is 1350. The number of fused-ring (bicyclic) bond motifs is 1. The van der Waals surface area contributed by atoms with E-state index in [-0.39, 0.29) is 27.6 Å². The molecule has 1 aliphatic carbocycles. The lowest BCUT2D eigenvalue weighted by molar-refractivity contribution is 0.109. The molecular formula is C23H27F5N4O2S. The van der Waals surface area contributed by atoms with Gasteiger partial charge >= 0.3 is 0 Å². The van der Waals surface area contributed by atoms with Crippen molar-refractivity contribution in [1.82, 2.24) is 19.1 Å². The molecule has 2 aromatic heterocycles. The van der Waals surface area contributed by atoms with Crippen LogP contribution in [-0.4, -0.2) is 34.4 Å². The largest absolute Gasteiger partial charge is 0.347 e. The summed E-state index contributed by atoms with van der Waals surface area (Å²) >= 11 is 0. The van der Waals surface area contributed by atoms with E-state index in [1.54, 1.807) is 4.57 Å². The second kappa shape index (κ2) is 8.88. The summed E-state index contributed by atoms with van der Waals surface area (Å²) in [6, 6.07) is 0.450. The van der Waals surface area contributed by atoms with Gasteiger partial charge < -0.3 is 4.57 Å². The van der Waals surface area contributed by atoms with E-state index >= 15 is 4.39 Å². The second-order valence-electron chi connectivity index (χ2n) is 10.2. The van der Waals surface area contributed by atoms with E-state index in [1.807, 2.05) is 20.8 Å². The fourth-order valence-corrected chi connectivity index (χ4v) is 5.79. The molecule has 1 aliphatic rings. The van der Waals surface area contributed by atoms with Gasteiger partial charge in [0, 0.05) is 41.8 Å². The van der Waals surface area contributed by atoms with Gasteiger partial charge in [-0.15, -0.1) is 0 Å². The summed E-state index contributed by atoms with van der Waals surface area (Å²) < 4.78 is 101. The lowest BCUT2D eigenvalue weighted by Gasteiger charge is -2.20. The Morgan fingerprint density at radius 1 is 1.14 bits per heavy atom. The number of halogens is 5. The second-order valence-corrected chi connectivity index (χ2v) is 12.2. The van der Waals surface area contributed by atoms with Gasteiger partial charge in [0.1, 0.15) is 11.9 Å². The molecule has 35 heavy (non-hydrogen) atoms. The maximum Gasteiger partial charge on any atom is 0.267 e. The topological polar surface area (TPSA) is 68.9 Å². The van der Waals surface area contributed by atoms with Gasteiger partial charge in [0.05, 0.1) is 22.7 Å². The Morgan fingerprint density at radius 3 is 2.34 bits per heavy atom. The van der Waals surface area contributed by atoms with E-state index in [0.29, 0.717) is 24.9 Å². The number of hydrogen-bond donors (Lipinski definition) is 1. The van der Waals surface area contributed by atoms with Crippen molar-refractivity contribution in [3.63, 3.8) is 0 Å². The summed E-state index contributed by atoms with van der Waals surface area (Å²) in [6.07, 6.45) is -2.85. The number of aryl methyl sites for hydroxylation is 1. The number of sulfonamides is 1. The maximum absolute atomic E-state index is 15.4. The molecule has 4 rings (SSSR count). The molecule has 1 atom stereocenters. The van der Waals surface area contributed by atoms with Crippen LogP contribution in [0.3, 0.4) is 0 Å². The summed E-state index contributed by atoms with van der Waals surface area (Å²) in [5, 5.41) is 3.19. The highest BCUT2D eigenvalue weighted by molar-refractivity contribution is 7.90. The highest BCUT2D eigenvalue weighted by atomic mass is 32.2. The first-order valence-electron chi connectivity index (χ1n) is 11.1. The molecule has 3 aromatic rings. The summed E-state index contributed by atoms with van der Waals surface area (Å²) in [4.78, 5) is 0. The number of benzene rings is 1. The minimum absolute atomic E-state index is 0.0759. The first-order valence-corrected chi connectivity index (χ1v) is 12.7. The van der Waals surface area contributed by atoms with Crippen molar-refractivity contribution in [3.05, 3.63) is 41.5 Å². The molecule has 6 nitrogen and oxygen atoms in total. The molecule has 0 spiro atoms. The van der Waals surface area contributed by atoms with Gasteiger partial charge in [-0.3, -0.25) is 4.68 Å². The minimum atomic E-state index is -3.98. The molecule has 0 bridgehead atoms. The molecule has 2 heterocycles. The van der Waals surface area contributed by atoms with Crippen LogP contribution in [0, 0.1) is 11.2 Å². The summed E-state index contributed by atoms with van der Waals surface area (Å²) in [7, 11) is -2.57. The normalized spacial score (nSPS) is 16.1. The van der Waals surface area contributed by atoms with E-state index in [1.165, 1.54) is 19.3 Å². The zero-order valence-corrected chi connectivity index (χ0v) is 20.5. The van der Waals surface area contributed by atoms with Gasteiger partial charge in [-0.05, 0) is 30.4 Å². The van der Waals surface area contributed by atoms with Gasteiger partial charge in [-0.2, -0.15) is 5.10 Å². The van der Waals surface area contributed by atoms with Gasteiger partial charge in [-0.25, -0.2) is 35.1 Å². The quantitative estimate of drug-likeness (QED) is 0.398. The van der Waals surface area contributed by atoms with Crippen molar-refractivity contribution >= 4 is 20.9 Å². The molecule has 0 saturated heterocycles. The first-order chi connectivity index (χ1) is 16.2. The third-order valence-electron chi connectivity index (χ3n) is 5.94. The standard InChI is InChI=1S/C23H27F5N4O2S/c1-23(2,3)11-32-10-16(19(22(27)28)30-35(33,34)12-5-6-12)13-7-17(24)14(8-18(13)32)20-15(21(25)26)9-29-31(20)4/h7-10,12,19,21-22,30H,5-6,11H2,1-4H3/t19-/m0/s1. The van der Waals surface area contributed by atoms with Gasteiger partial charge in [-0.1, -0.05) is 20.8 Å². The highest BCUT2D eigenvalue weighted by Gasteiger charge is 2.40. The Balaban J connectivity index is 1.93. The fourth-order valence-electron chi connectivity index (χ4n) is 4.26. The molecule has 12 heteroatoms. The Labute approximate surface area is 200 Å². The van der Waals surface area contributed by atoms with Crippen molar-refractivity contribution in [1.29, 1.82) is 0 Å². The third kappa shape index (κ3) is 5.09. The highest BCUT2D eigenvalue weighted by Crippen LogP contribution is 2.39. The van der Waals surface area contributed by atoms with E-state index in [0.717, 1.165) is 16.9 Å². The predicted molar refractivity (Wildman–Crippen MR) is 122 cm³/mol. The van der Waals surface area contributed by atoms with E-state index in [2.05, 4.69) is 9.82 Å². The molecular weight excluding hydrogens is 491 g/mol. The van der Waals surface area contributed by atoms with Crippen LogP contribution in [0.4, 0.5) is 22.0 Å². The van der Waals surface area contributed by atoms with Gasteiger partial charge in [0.15, 0.2) is 0 Å². The summed E-state index contributed by atoms with van der Waals surface area (Å²) in [5.74, 6) is -0.907. The molecule has 0 radical (unpaired) electrons. The predicted octanol–water partition coefficient (Wildman–Crippen LogP) is 5.55. The maximum atomic E-state index is 15.4. The van der Waals surface area contributed by atoms with Crippen LogP contribution < -0.4 is 4.72 Å². The number of alkyl halides is 4. The lowest BCUT2D eigenvalue weighted by atomic mass is 9.97. The molecule has 1 saturated carbocycles. The smallest absolute Gasteiger partial charge is 0.267 e. The number of nitrogens with one attached hydrogen (secondary N) is 1. The van der Waals surface area contributed by atoms with Crippen molar-refractivity contribution in [3.8, 4) is 11.3 Å². The van der Waals surface area contributed by atoms with Gasteiger partial charge in [0.25, 0.3) is 12.9 Å². The van der Waals surface area contributed by atoms with Crippen LogP contribution in [-0.2, 0) is 23.6 Å². The molecule has 0 unspecified atom stereocenters.